The van der Waals surface area contributed by atoms with E-state index in [0.29, 0.717) is 0 Å². The Morgan fingerprint density at radius 3 is 2.42 bits per heavy atom. The van der Waals surface area contributed by atoms with Gasteiger partial charge in [0.05, 0.1) is 0 Å². The Morgan fingerprint density at radius 2 is 1.68 bits per heavy atom. The van der Waals surface area contributed by atoms with E-state index in [2.05, 4.69) is 46.0 Å². The highest BCUT2D eigenvalue weighted by Crippen LogP contribution is 2.22. The summed E-state index contributed by atoms with van der Waals surface area (Å²) in [6, 6.07) is 9.15. The average molecular weight is 259 g/mol. The van der Waals surface area contributed by atoms with Gasteiger partial charge in [0.25, 0.3) is 0 Å². The maximum atomic E-state index is 2.57. The van der Waals surface area contributed by atoms with Crippen LogP contribution in [0.1, 0.15) is 18.4 Å². The first-order chi connectivity index (χ1) is 9.31. The number of nitrogens with zero attached hydrogens (tertiary/aromatic N) is 3. The van der Waals surface area contributed by atoms with Crippen molar-refractivity contribution in [2.45, 2.75) is 19.4 Å². The standard InChI is InChI=1S/C16H25N3/c1-17-9-11-18(12-10-17)14-15-5-4-6-16(13-15)19-7-2-3-8-19/h4-6,13H,2-3,7-12,14H2,1H3. The minimum atomic E-state index is 1.11. The molecule has 2 fully saturated rings. The Morgan fingerprint density at radius 1 is 0.947 bits per heavy atom. The first-order valence-electron chi connectivity index (χ1n) is 7.56. The van der Waals surface area contributed by atoms with Gasteiger partial charge < -0.3 is 9.80 Å². The van der Waals surface area contributed by atoms with Gasteiger partial charge in [-0.15, -0.1) is 0 Å². The highest BCUT2D eigenvalue weighted by atomic mass is 15.2. The lowest BCUT2D eigenvalue weighted by molar-refractivity contribution is 0.148. The number of hydrogen-bond donors (Lipinski definition) is 0. The molecule has 0 bridgehead atoms. The third-order valence-electron chi connectivity index (χ3n) is 4.38. The molecule has 19 heavy (non-hydrogen) atoms. The molecule has 2 heterocycles. The van der Waals surface area contributed by atoms with Crippen LogP contribution < -0.4 is 4.90 Å². The Hall–Kier alpha value is -1.06. The number of hydrogen-bond acceptors (Lipinski definition) is 3. The minimum Gasteiger partial charge on any atom is -0.372 e. The van der Waals surface area contributed by atoms with Gasteiger partial charge in [-0.05, 0) is 37.6 Å². The summed E-state index contributed by atoms with van der Waals surface area (Å²) >= 11 is 0. The third kappa shape index (κ3) is 3.28. The molecule has 0 saturated carbocycles. The molecule has 2 aliphatic heterocycles. The van der Waals surface area contributed by atoms with Gasteiger partial charge in [0.2, 0.25) is 0 Å². The van der Waals surface area contributed by atoms with Crippen molar-refractivity contribution >= 4 is 5.69 Å². The fourth-order valence-electron chi connectivity index (χ4n) is 3.09. The number of likely N-dealkylation sites (N-methyl/N-ethyl adjacent to an activating group) is 1. The second-order valence-corrected chi connectivity index (χ2v) is 5.94. The van der Waals surface area contributed by atoms with Crippen molar-refractivity contribution in [2.75, 3.05) is 51.2 Å². The van der Waals surface area contributed by atoms with Crippen LogP contribution in [-0.4, -0.2) is 56.1 Å². The molecule has 2 saturated heterocycles. The van der Waals surface area contributed by atoms with E-state index in [1.165, 1.54) is 63.4 Å². The fraction of sp³-hybridized carbons (Fsp3) is 0.625. The quantitative estimate of drug-likeness (QED) is 0.822. The van der Waals surface area contributed by atoms with Gasteiger partial charge in [0.1, 0.15) is 0 Å². The molecule has 0 unspecified atom stereocenters. The van der Waals surface area contributed by atoms with Crippen molar-refractivity contribution in [1.29, 1.82) is 0 Å². The van der Waals surface area contributed by atoms with Crippen molar-refractivity contribution in [3.05, 3.63) is 29.8 Å². The van der Waals surface area contributed by atoms with Gasteiger partial charge in [0.15, 0.2) is 0 Å². The summed E-state index contributed by atoms with van der Waals surface area (Å²) in [4.78, 5) is 7.51. The molecule has 2 aliphatic rings. The van der Waals surface area contributed by atoms with Crippen LogP contribution in [0.5, 0.6) is 0 Å². The molecule has 3 rings (SSSR count). The van der Waals surface area contributed by atoms with Gasteiger partial charge >= 0.3 is 0 Å². The molecule has 0 N–H and O–H groups in total. The molecule has 0 aromatic heterocycles. The summed E-state index contributed by atoms with van der Waals surface area (Å²) in [7, 11) is 2.21. The maximum absolute atomic E-state index is 2.57. The summed E-state index contributed by atoms with van der Waals surface area (Å²) in [6.45, 7) is 8.37. The van der Waals surface area contributed by atoms with Gasteiger partial charge in [-0.25, -0.2) is 0 Å². The molecule has 0 radical (unpaired) electrons. The number of benzene rings is 1. The van der Waals surface area contributed by atoms with Crippen LogP contribution >= 0.6 is 0 Å². The lowest BCUT2D eigenvalue weighted by Crippen LogP contribution is -2.43. The van der Waals surface area contributed by atoms with Crippen molar-refractivity contribution in [1.82, 2.24) is 9.80 Å². The van der Waals surface area contributed by atoms with E-state index in [1.54, 1.807) is 0 Å². The van der Waals surface area contributed by atoms with Crippen molar-refractivity contribution in [3.8, 4) is 0 Å². The van der Waals surface area contributed by atoms with Crippen LogP contribution in [0.3, 0.4) is 0 Å². The molecule has 3 nitrogen and oxygen atoms in total. The van der Waals surface area contributed by atoms with Crippen LogP contribution in [0.4, 0.5) is 5.69 Å². The Balaban J connectivity index is 1.62. The SMILES string of the molecule is CN1CCN(Cc2cccc(N3CCCC3)c2)CC1. The summed E-state index contributed by atoms with van der Waals surface area (Å²) in [5, 5.41) is 0. The van der Waals surface area contributed by atoms with Gasteiger partial charge in [0, 0.05) is 51.5 Å². The number of rotatable bonds is 3. The van der Waals surface area contributed by atoms with E-state index in [1.807, 2.05) is 0 Å². The lowest BCUT2D eigenvalue weighted by atomic mass is 10.1. The van der Waals surface area contributed by atoms with E-state index in [4.69, 9.17) is 0 Å². The molecule has 0 atom stereocenters. The predicted molar refractivity (Wildman–Crippen MR) is 80.7 cm³/mol. The maximum Gasteiger partial charge on any atom is 0.0369 e. The zero-order chi connectivity index (χ0) is 13.1. The topological polar surface area (TPSA) is 9.72 Å². The van der Waals surface area contributed by atoms with Crippen molar-refractivity contribution < 1.29 is 0 Å². The molecule has 0 aliphatic carbocycles. The van der Waals surface area contributed by atoms with Crippen LogP contribution in [-0.2, 0) is 6.54 Å². The highest BCUT2D eigenvalue weighted by molar-refractivity contribution is 5.49. The molecular weight excluding hydrogens is 234 g/mol. The Labute approximate surface area is 116 Å². The molecule has 1 aromatic rings. The molecule has 0 spiro atoms. The number of anilines is 1. The summed E-state index contributed by atoms with van der Waals surface area (Å²) in [5.74, 6) is 0. The van der Waals surface area contributed by atoms with E-state index in [0.717, 1.165) is 6.54 Å². The summed E-state index contributed by atoms with van der Waals surface area (Å²) in [6.07, 6.45) is 2.70. The van der Waals surface area contributed by atoms with E-state index in [-0.39, 0.29) is 0 Å². The monoisotopic (exact) mass is 259 g/mol. The van der Waals surface area contributed by atoms with Gasteiger partial charge in [-0.3, -0.25) is 4.90 Å². The molecular formula is C16H25N3. The predicted octanol–water partition coefficient (Wildman–Crippen LogP) is 2.03. The fourth-order valence-corrected chi connectivity index (χ4v) is 3.09. The van der Waals surface area contributed by atoms with Gasteiger partial charge in [-0.2, -0.15) is 0 Å². The van der Waals surface area contributed by atoms with Crippen molar-refractivity contribution in [3.63, 3.8) is 0 Å². The van der Waals surface area contributed by atoms with Crippen LogP contribution in [0.15, 0.2) is 24.3 Å². The average Bonchev–Trinajstić information content (AvgIpc) is 2.96. The van der Waals surface area contributed by atoms with Crippen molar-refractivity contribution in [2.24, 2.45) is 0 Å². The second-order valence-electron chi connectivity index (χ2n) is 5.94. The zero-order valence-electron chi connectivity index (χ0n) is 12.0. The summed E-state index contributed by atoms with van der Waals surface area (Å²) < 4.78 is 0. The van der Waals surface area contributed by atoms with Gasteiger partial charge in [-0.1, -0.05) is 12.1 Å². The second kappa shape index (κ2) is 5.93. The molecule has 3 heteroatoms. The summed E-state index contributed by atoms with van der Waals surface area (Å²) in [5.41, 5.74) is 2.89. The van der Waals surface area contributed by atoms with Crippen LogP contribution in [0, 0.1) is 0 Å². The minimum absolute atomic E-state index is 1.11. The first-order valence-corrected chi connectivity index (χ1v) is 7.56. The third-order valence-corrected chi connectivity index (χ3v) is 4.38. The lowest BCUT2D eigenvalue weighted by Gasteiger charge is -2.32. The normalized spacial score (nSPS) is 22.1. The Kier molecular flexibility index (Phi) is 4.04. The molecule has 1 aromatic carbocycles. The van der Waals surface area contributed by atoms with E-state index >= 15 is 0 Å². The first kappa shape index (κ1) is 12.9. The molecule has 0 amide bonds. The van der Waals surface area contributed by atoms with Crippen LogP contribution in [0.2, 0.25) is 0 Å². The van der Waals surface area contributed by atoms with E-state index in [9.17, 15) is 0 Å². The highest BCUT2D eigenvalue weighted by Gasteiger charge is 2.15. The van der Waals surface area contributed by atoms with E-state index < -0.39 is 0 Å². The van der Waals surface area contributed by atoms with Crippen LogP contribution in [0.25, 0.3) is 0 Å². The number of piperazine rings is 1. The zero-order valence-corrected chi connectivity index (χ0v) is 12.0. The molecule has 104 valence electrons. The smallest absolute Gasteiger partial charge is 0.0369 e. The largest absolute Gasteiger partial charge is 0.372 e. The Bertz CT molecular complexity index is 404.